The zero-order valence-electron chi connectivity index (χ0n) is 13.1. The van der Waals surface area contributed by atoms with E-state index in [0.29, 0.717) is 12.3 Å². The van der Waals surface area contributed by atoms with E-state index in [2.05, 4.69) is 31.2 Å². The van der Waals surface area contributed by atoms with E-state index in [1.165, 1.54) is 11.1 Å². The molecule has 3 heteroatoms. The lowest BCUT2D eigenvalue weighted by atomic mass is 9.97. The van der Waals surface area contributed by atoms with E-state index in [4.69, 9.17) is 5.11 Å². The Kier molecular flexibility index (Phi) is 6.24. The third-order valence-electron chi connectivity index (χ3n) is 4.45. The molecule has 2 rings (SSSR count). The standard InChI is InChI=1S/C18H27NO2/c1-15-6-8-16(9-7-15)4-2-3-5-18(21)19-12-10-17(14-20)11-13-19/h6-9,17,20H,2-5,10-14H2,1H3. The number of amides is 1. The van der Waals surface area contributed by atoms with E-state index in [1.54, 1.807) is 0 Å². The van der Waals surface area contributed by atoms with Gasteiger partial charge in [-0.2, -0.15) is 0 Å². The molecule has 116 valence electrons. The molecule has 0 radical (unpaired) electrons. The molecule has 0 saturated carbocycles. The van der Waals surface area contributed by atoms with Crippen LogP contribution in [0, 0.1) is 12.8 Å². The second-order valence-corrected chi connectivity index (χ2v) is 6.20. The summed E-state index contributed by atoms with van der Waals surface area (Å²) >= 11 is 0. The van der Waals surface area contributed by atoms with Crippen LogP contribution in [0.25, 0.3) is 0 Å². The Morgan fingerprint density at radius 1 is 1.19 bits per heavy atom. The Bertz CT molecular complexity index is 433. The lowest BCUT2D eigenvalue weighted by molar-refractivity contribution is -0.132. The van der Waals surface area contributed by atoms with Gasteiger partial charge in [-0.3, -0.25) is 4.79 Å². The summed E-state index contributed by atoms with van der Waals surface area (Å²) in [4.78, 5) is 14.1. The second kappa shape index (κ2) is 8.18. The van der Waals surface area contributed by atoms with E-state index in [-0.39, 0.29) is 12.5 Å². The smallest absolute Gasteiger partial charge is 0.222 e. The molecule has 1 fully saturated rings. The van der Waals surface area contributed by atoms with E-state index < -0.39 is 0 Å². The van der Waals surface area contributed by atoms with E-state index >= 15 is 0 Å². The summed E-state index contributed by atoms with van der Waals surface area (Å²) < 4.78 is 0. The van der Waals surface area contributed by atoms with Gasteiger partial charge in [0.1, 0.15) is 0 Å². The van der Waals surface area contributed by atoms with Crippen molar-refractivity contribution in [3.05, 3.63) is 35.4 Å². The van der Waals surface area contributed by atoms with Crippen LogP contribution < -0.4 is 0 Å². The van der Waals surface area contributed by atoms with Gasteiger partial charge in [-0.05, 0) is 50.5 Å². The molecule has 1 amide bonds. The summed E-state index contributed by atoms with van der Waals surface area (Å²) in [6.07, 6.45) is 5.65. The molecule has 1 aliphatic heterocycles. The number of aliphatic hydroxyl groups is 1. The van der Waals surface area contributed by atoms with Crippen LogP contribution in [0.1, 0.15) is 43.2 Å². The van der Waals surface area contributed by atoms with Gasteiger partial charge in [-0.25, -0.2) is 0 Å². The third kappa shape index (κ3) is 5.16. The maximum Gasteiger partial charge on any atom is 0.222 e. The zero-order valence-corrected chi connectivity index (χ0v) is 13.1. The van der Waals surface area contributed by atoms with Gasteiger partial charge in [0.25, 0.3) is 0 Å². The van der Waals surface area contributed by atoms with Gasteiger partial charge < -0.3 is 10.0 Å². The quantitative estimate of drug-likeness (QED) is 0.818. The number of likely N-dealkylation sites (tertiary alicyclic amines) is 1. The van der Waals surface area contributed by atoms with Crippen molar-refractivity contribution in [2.45, 2.75) is 45.4 Å². The number of aryl methyl sites for hydroxylation is 2. The van der Waals surface area contributed by atoms with Crippen LogP contribution in [-0.2, 0) is 11.2 Å². The molecular formula is C18H27NO2. The molecule has 1 aromatic rings. The molecule has 1 saturated heterocycles. The highest BCUT2D eigenvalue weighted by Gasteiger charge is 2.21. The monoisotopic (exact) mass is 289 g/mol. The predicted octanol–water partition coefficient (Wildman–Crippen LogP) is 2.94. The van der Waals surface area contributed by atoms with Gasteiger partial charge in [-0.1, -0.05) is 29.8 Å². The van der Waals surface area contributed by atoms with Gasteiger partial charge in [0.05, 0.1) is 0 Å². The molecule has 0 aliphatic carbocycles. The second-order valence-electron chi connectivity index (χ2n) is 6.20. The Morgan fingerprint density at radius 3 is 2.48 bits per heavy atom. The number of aliphatic hydroxyl groups excluding tert-OH is 1. The van der Waals surface area contributed by atoms with Crippen LogP contribution in [0.15, 0.2) is 24.3 Å². The van der Waals surface area contributed by atoms with Crippen LogP contribution in [0.3, 0.4) is 0 Å². The maximum absolute atomic E-state index is 12.1. The summed E-state index contributed by atoms with van der Waals surface area (Å²) in [5.41, 5.74) is 2.65. The summed E-state index contributed by atoms with van der Waals surface area (Å²) in [6, 6.07) is 8.64. The van der Waals surface area contributed by atoms with Crippen molar-refractivity contribution >= 4 is 5.91 Å². The highest BCUT2D eigenvalue weighted by Crippen LogP contribution is 2.17. The van der Waals surface area contributed by atoms with Crippen LogP contribution >= 0.6 is 0 Å². The van der Waals surface area contributed by atoms with Crippen molar-refractivity contribution in [2.75, 3.05) is 19.7 Å². The highest BCUT2D eigenvalue weighted by molar-refractivity contribution is 5.76. The molecule has 0 aromatic heterocycles. The van der Waals surface area contributed by atoms with Gasteiger partial charge in [0, 0.05) is 26.1 Å². The van der Waals surface area contributed by atoms with Gasteiger partial charge in [0.2, 0.25) is 5.91 Å². The van der Waals surface area contributed by atoms with E-state index in [9.17, 15) is 4.79 Å². The molecule has 1 aromatic carbocycles. The van der Waals surface area contributed by atoms with Crippen LogP contribution in [0.5, 0.6) is 0 Å². The van der Waals surface area contributed by atoms with E-state index in [1.807, 2.05) is 4.90 Å². The Balaban J connectivity index is 1.62. The minimum Gasteiger partial charge on any atom is -0.396 e. The molecule has 1 N–H and O–H groups in total. The lowest BCUT2D eigenvalue weighted by Crippen LogP contribution is -2.39. The molecule has 21 heavy (non-hydrogen) atoms. The fourth-order valence-corrected chi connectivity index (χ4v) is 2.88. The minimum atomic E-state index is 0.262. The lowest BCUT2D eigenvalue weighted by Gasteiger charge is -2.31. The molecule has 0 bridgehead atoms. The zero-order chi connectivity index (χ0) is 15.1. The topological polar surface area (TPSA) is 40.5 Å². The van der Waals surface area contributed by atoms with Crippen LogP contribution in [0.4, 0.5) is 0 Å². The normalized spacial score (nSPS) is 16.2. The summed E-state index contributed by atoms with van der Waals surface area (Å²) in [5.74, 6) is 0.686. The first-order valence-electron chi connectivity index (χ1n) is 8.13. The number of benzene rings is 1. The maximum atomic E-state index is 12.1. The number of rotatable bonds is 6. The molecular weight excluding hydrogens is 262 g/mol. The number of carbonyl (C=O) groups excluding carboxylic acids is 1. The Hall–Kier alpha value is -1.35. The predicted molar refractivity (Wildman–Crippen MR) is 85.1 cm³/mol. The Morgan fingerprint density at radius 2 is 1.86 bits per heavy atom. The fourth-order valence-electron chi connectivity index (χ4n) is 2.88. The number of piperidine rings is 1. The first-order chi connectivity index (χ1) is 10.2. The molecule has 0 atom stereocenters. The average Bonchev–Trinajstić information content (AvgIpc) is 2.53. The molecule has 1 aliphatic rings. The number of unbranched alkanes of at least 4 members (excludes halogenated alkanes) is 1. The number of hydrogen-bond donors (Lipinski definition) is 1. The largest absolute Gasteiger partial charge is 0.396 e. The van der Waals surface area contributed by atoms with Crippen molar-refractivity contribution in [1.82, 2.24) is 4.90 Å². The fraction of sp³-hybridized carbons (Fsp3) is 0.611. The van der Waals surface area contributed by atoms with E-state index in [0.717, 1.165) is 45.2 Å². The Labute approximate surface area is 128 Å². The van der Waals surface area contributed by atoms with Gasteiger partial charge >= 0.3 is 0 Å². The molecule has 0 spiro atoms. The van der Waals surface area contributed by atoms with Crippen molar-refractivity contribution in [3.63, 3.8) is 0 Å². The average molecular weight is 289 g/mol. The number of carbonyl (C=O) groups is 1. The summed E-state index contributed by atoms with van der Waals surface area (Å²) in [5, 5.41) is 9.11. The first kappa shape index (κ1) is 16.0. The van der Waals surface area contributed by atoms with Gasteiger partial charge in [0.15, 0.2) is 0 Å². The SMILES string of the molecule is Cc1ccc(CCCCC(=O)N2CCC(CO)CC2)cc1. The third-order valence-corrected chi connectivity index (χ3v) is 4.45. The highest BCUT2D eigenvalue weighted by atomic mass is 16.3. The molecule has 3 nitrogen and oxygen atoms in total. The van der Waals surface area contributed by atoms with Crippen molar-refractivity contribution in [3.8, 4) is 0 Å². The van der Waals surface area contributed by atoms with Crippen LogP contribution in [-0.4, -0.2) is 35.6 Å². The minimum absolute atomic E-state index is 0.262. The first-order valence-corrected chi connectivity index (χ1v) is 8.13. The molecule has 0 unspecified atom stereocenters. The number of nitrogens with zero attached hydrogens (tertiary/aromatic N) is 1. The van der Waals surface area contributed by atoms with Crippen molar-refractivity contribution in [2.24, 2.45) is 5.92 Å². The van der Waals surface area contributed by atoms with Gasteiger partial charge in [-0.15, -0.1) is 0 Å². The van der Waals surface area contributed by atoms with Crippen LogP contribution in [0.2, 0.25) is 0 Å². The number of hydrogen-bond acceptors (Lipinski definition) is 2. The summed E-state index contributed by atoms with van der Waals surface area (Å²) in [6.45, 7) is 4.00. The summed E-state index contributed by atoms with van der Waals surface area (Å²) in [7, 11) is 0. The van der Waals surface area contributed by atoms with Crippen molar-refractivity contribution < 1.29 is 9.90 Å². The molecule has 1 heterocycles. The van der Waals surface area contributed by atoms with Crippen molar-refractivity contribution in [1.29, 1.82) is 0 Å².